The molecular formula is C21H31N3O4. The molecule has 0 spiro atoms. The molecule has 2 amide bonds. The maximum Gasteiger partial charge on any atom is 0.410 e. The number of piperazine rings is 1. The molecule has 0 aliphatic carbocycles. The lowest BCUT2D eigenvalue weighted by molar-refractivity contribution is -0.119. The molecule has 2 aliphatic heterocycles. The number of hydrogen-bond donors (Lipinski definition) is 1. The van der Waals surface area contributed by atoms with E-state index in [2.05, 4.69) is 11.0 Å². The van der Waals surface area contributed by atoms with Crippen molar-refractivity contribution in [2.24, 2.45) is 5.92 Å². The molecule has 1 N–H and O–H groups in total. The van der Waals surface area contributed by atoms with Gasteiger partial charge in [0.1, 0.15) is 11.8 Å². The van der Waals surface area contributed by atoms with Crippen LogP contribution in [0.25, 0.3) is 0 Å². The quantitative estimate of drug-likeness (QED) is 0.799. The minimum absolute atomic E-state index is 0.0179. The number of carbonyl (C=O) groups is 2. The second-order valence-electron chi connectivity index (χ2n) is 8.75. The van der Waals surface area contributed by atoms with E-state index in [1.807, 2.05) is 39.8 Å². The topological polar surface area (TPSA) is 73.3 Å². The predicted molar refractivity (Wildman–Crippen MR) is 108 cm³/mol. The molecule has 0 radical (unpaired) electrons. The van der Waals surface area contributed by atoms with Gasteiger partial charge in [0.05, 0.1) is 0 Å². The fourth-order valence-electron chi connectivity index (χ4n) is 3.85. The van der Waals surface area contributed by atoms with Gasteiger partial charge in [-0.15, -0.1) is 0 Å². The Hall–Kier alpha value is -2.28. The Morgan fingerprint density at radius 3 is 2.36 bits per heavy atom. The third-order valence-corrected chi connectivity index (χ3v) is 5.27. The first-order valence-corrected chi connectivity index (χ1v) is 9.90. The van der Waals surface area contributed by atoms with Gasteiger partial charge < -0.3 is 19.6 Å². The molecule has 0 saturated carbocycles. The van der Waals surface area contributed by atoms with E-state index in [-0.39, 0.29) is 17.9 Å². The summed E-state index contributed by atoms with van der Waals surface area (Å²) >= 11 is 0. The number of nitrogens with zero attached hydrogens (tertiary/aromatic N) is 3. The molecule has 7 heteroatoms. The number of rotatable bonds is 1. The molecule has 1 fully saturated rings. The number of anilines is 2. The molecule has 0 aromatic heterocycles. The largest absolute Gasteiger partial charge is 0.444 e. The monoisotopic (exact) mass is 389 g/mol. The highest BCUT2D eigenvalue weighted by molar-refractivity contribution is 5.93. The van der Waals surface area contributed by atoms with Crippen LogP contribution >= 0.6 is 0 Å². The lowest BCUT2D eigenvalue weighted by Gasteiger charge is -2.39. The van der Waals surface area contributed by atoms with Gasteiger partial charge in [0.15, 0.2) is 0 Å². The Bertz CT molecular complexity index is 751. The van der Waals surface area contributed by atoms with Crippen LogP contribution in [0.1, 0.15) is 40.2 Å². The lowest BCUT2D eigenvalue weighted by Crippen LogP contribution is -2.50. The Morgan fingerprint density at radius 2 is 1.79 bits per heavy atom. The lowest BCUT2D eigenvalue weighted by atomic mass is 9.91. The third-order valence-electron chi connectivity index (χ3n) is 5.27. The summed E-state index contributed by atoms with van der Waals surface area (Å²) in [6, 6.07) is 6.01. The van der Waals surface area contributed by atoms with Gasteiger partial charge in [-0.2, -0.15) is 0 Å². The van der Waals surface area contributed by atoms with Crippen LogP contribution in [0.2, 0.25) is 0 Å². The standard InChI is InChI=1S/C21H31N3O4/c1-14-12-16-13-17(6-7-18(16)24(15(2)25)19(14)26)22-8-10-23(11-9-22)20(27)28-21(3,4)5/h6-7,13-14,19,26H,8-12H2,1-5H3/t14-,19+/m1/s1. The number of hydrogen-bond acceptors (Lipinski definition) is 5. The van der Waals surface area contributed by atoms with Crippen molar-refractivity contribution in [1.29, 1.82) is 0 Å². The zero-order valence-corrected chi connectivity index (χ0v) is 17.4. The molecule has 0 bridgehead atoms. The van der Waals surface area contributed by atoms with E-state index in [9.17, 15) is 14.7 Å². The highest BCUT2D eigenvalue weighted by Gasteiger charge is 2.33. The van der Waals surface area contributed by atoms with Gasteiger partial charge in [0.25, 0.3) is 0 Å². The van der Waals surface area contributed by atoms with Gasteiger partial charge in [-0.1, -0.05) is 6.92 Å². The van der Waals surface area contributed by atoms with E-state index in [1.165, 1.54) is 11.8 Å². The van der Waals surface area contributed by atoms with Gasteiger partial charge >= 0.3 is 6.09 Å². The van der Waals surface area contributed by atoms with Crippen LogP contribution in [0.3, 0.4) is 0 Å². The normalized spacial score (nSPS) is 22.7. The molecule has 28 heavy (non-hydrogen) atoms. The van der Waals surface area contributed by atoms with Crippen LogP contribution in [0.5, 0.6) is 0 Å². The zero-order chi connectivity index (χ0) is 20.6. The summed E-state index contributed by atoms with van der Waals surface area (Å²) in [6.07, 6.45) is -0.322. The molecular weight excluding hydrogens is 358 g/mol. The third kappa shape index (κ3) is 4.24. The Kier molecular flexibility index (Phi) is 5.57. The molecule has 2 heterocycles. The van der Waals surface area contributed by atoms with Crippen LogP contribution in [-0.2, 0) is 16.0 Å². The Morgan fingerprint density at radius 1 is 1.14 bits per heavy atom. The smallest absolute Gasteiger partial charge is 0.410 e. The summed E-state index contributed by atoms with van der Waals surface area (Å²) < 4.78 is 5.46. The molecule has 0 unspecified atom stereocenters. The Labute approximate surface area is 166 Å². The molecule has 1 aromatic carbocycles. The van der Waals surface area contributed by atoms with Crippen molar-refractivity contribution in [2.45, 2.75) is 52.9 Å². The number of fused-ring (bicyclic) bond motifs is 1. The Balaban J connectivity index is 1.71. The first-order chi connectivity index (χ1) is 13.1. The summed E-state index contributed by atoms with van der Waals surface area (Å²) in [6.45, 7) is 11.7. The SMILES string of the molecule is CC(=O)N1c2ccc(N3CCN(C(=O)OC(C)(C)C)CC3)cc2C[C@@H](C)[C@@H]1O. The summed E-state index contributed by atoms with van der Waals surface area (Å²) in [7, 11) is 0. The average molecular weight is 389 g/mol. The summed E-state index contributed by atoms with van der Waals surface area (Å²) in [5.74, 6) is -0.172. The van der Waals surface area contributed by atoms with Crippen molar-refractivity contribution in [1.82, 2.24) is 4.90 Å². The molecule has 1 aromatic rings. The van der Waals surface area contributed by atoms with E-state index in [1.54, 1.807) is 4.90 Å². The highest BCUT2D eigenvalue weighted by atomic mass is 16.6. The number of aliphatic hydroxyl groups excluding tert-OH is 1. The first-order valence-electron chi connectivity index (χ1n) is 9.90. The van der Waals surface area contributed by atoms with Crippen molar-refractivity contribution >= 4 is 23.4 Å². The molecule has 7 nitrogen and oxygen atoms in total. The average Bonchev–Trinajstić information content (AvgIpc) is 2.60. The van der Waals surface area contributed by atoms with Crippen LogP contribution < -0.4 is 9.80 Å². The fourth-order valence-corrected chi connectivity index (χ4v) is 3.85. The molecule has 2 aliphatic rings. The van der Waals surface area contributed by atoms with Crippen molar-refractivity contribution in [3.63, 3.8) is 0 Å². The minimum atomic E-state index is -0.784. The first kappa shape index (κ1) is 20.5. The van der Waals surface area contributed by atoms with Gasteiger partial charge in [0.2, 0.25) is 5.91 Å². The second-order valence-corrected chi connectivity index (χ2v) is 8.75. The van der Waals surface area contributed by atoms with E-state index in [0.29, 0.717) is 13.1 Å². The van der Waals surface area contributed by atoms with Crippen LogP contribution in [-0.4, -0.2) is 60.0 Å². The maximum absolute atomic E-state index is 12.2. The number of amides is 2. The van der Waals surface area contributed by atoms with E-state index in [0.717, 1.165) is 36.4 Å². The summed E-state index contributed by atoms with van der Waals surface area (Å²) in [5, 5.41) is 10.4. The zero-order valence-electron chi connectivity index (χ0n) is 17.4. The van der Waals surface area contributed by atoms with Gasteiger partial charge in [0, 0.05) is 50.4 Å². The molecule has 2 atom stereocenters. The van der Waals surface area contributed by atoms with Crippen molar-refractivity contribution in [2.75, 3.05) is 36.0 Å². The van der Waals surface area contributed by atoms with E-state index >= 15 is 0 Å². The number of aliphatic hydroxyl groups is 1. The van der Waals surface area contributed by atoms with Gasteiger partial charge in [-0.25, -0.2) is 4.79 Å². The number of carbonyl (C=O) groups excluding carboxylic acids is 2. The predicted octanol–water partition coefficient (Wildman–Crippen LogP) is 2.61. The van der Waals surface area contributed by atoms with Crippen LogP contribution in [0.4, 0.5) is 16.2 Å². The van der Waals surface area contributed by atoms with Crippen molar-refractivity contribution < 1.29 is 19.4 Å². The fraction of sp³-hybridized carbons (Fsp3) is 0.619. The van der Waals surface area contributed by atoms with E-state index in [4.69, 9.17) is 4.74 Å². The van der Waals surface area contributed by atoms with E-state index < -0.39 is 11.8 Å². The number of ether oxygens (including phenoxy) is 1. The van der Waals surface area contributed by atoms with Gasteiger partial charge in [-0.05, 0) is 51.0 Å². The maximum atomic E-state index is 12.2. The molecule has 1 saturated heterocycles. The summed E-state index contributed by atoms with van der Waals surface area (Å²) in [5.41, 5.74) is 2.44. The minimum Gasteiger partial charge on any atom is -0.444 e. The van der Waals surface area contributed by atoms with Crippen LogP contribution in [0.15, 0.2) is 18.2 Å². The molecule has 3 rings (SSSR count). The second kappa shape index (κ2) is 7.62. The van der Waals surface area contributed by atoms with Crippen molar-refractivity contribution in [3.8, 4) is 0 Å². The van der Waals surface area contributed by atoms with Crippen LogP contribution in [0, 0.1) is 5.92 Å². The van der Waals surface area contributed by atoms with Crippen molar-refractivity contribution in [3.05, 3.63) is 23.8 Å². The molecule has 154 valence electrons. The van der Waals surface area contributed by atoms with Gasteiger partial charge in [-0.3, -0.25) is 9.69 Å². The number of benzene rings is 1. The summed E-state index contributed by atoms with van der Waals surface area (Å²) in [4.78, 5) is 29.7. The highest BCUT2D eigenvalue weighted by Crippen LogP contribution is 2.35.